The first-order chi connectivity index (χ1) is 11.2. The summed E-state index contributed by atoms with van der Waals surface area (Å²) in [6.45, 7) is 0.171. The molecule has 0 saturated carbocycles. The second-order valence-corrected chi connectivity index (χ2v) is 4.58. The van der Waals surface area contributed by atoms with Gasteiger partial charge in [0.05, 0.1) is 18.4 Å². The van der Waals surface area contributed by atoms with E-state index in [1.165, 1.54) is 13.2 Å². The fourth-order valence-electron chi connectivity index (χ4n) is 2.11. The zero-order valence-electron chi connectivity index (χ0n) is 12.2. The number of benzene rings is 2. The van der Waals surface area contributed by atoms with Crippen LogP contribution in [0.1, 0.15) is 10.4 Å². The molecule has 0 unspecified atom stereocenters. The Labute approximate surface area is 131 Å². The normalized spacial score (nSPS) is 11.7. The van der Waals surface area contributed by atoms with Crippen LogP contribution in [0.2, 0.25) is 0 Å². The van der Waals surface area contributed by atoms with Crippen molar-refractivity contribution in [3.05, 3.63) is 42.0 Å². The van der Waals surface area contributed by atoms with Crippen LogP contribution in [0.15, 0.2) is 36.4 Å². The van der Waals surface area contributed by atoms with Crippen molar-refractivity contribution in [3.8, 4) is 23.0 Å². The maximum absolute atomic E-state index is 11.6. The highest BCUT2D eigenvalue weighted by Gasteiger charge is 2.16. The number of hydrogen-bond acceptors (Lipinski definition) is 6. The molecule has 7 heteroatoms. The topological polar surface area (TPSA) is 83.1 Å². The number of esters is 1. The van der Waals surface area contributed by atoms with Gasteiger partial charge in [-0.1, -0.05) is 0 Å². The zero-order chi connectivity index (χ0) is 16.2. The van der Waals surface area contributed by atoms with E-state index in [0.29, 0.717) is 40.7 Å². The van der Waals surface area contributed by atoms with Crippen LogP contribution in [-0.4, -0.2) is 26.3 Å². The predicted octanol–water partition coefficient (Wildman–Crippen LogP) is 2.56. The van der Waals surface area contributed by atoms with Crippen LogP contribution in [0, 0.1) is 0 Å². The molecule has 0 fully saturated rings. The second kappa shape index (κ2) is 6.27. The Kier molecular flexibility index (Phi) is 4.01. The van der Waals surface area contributed by atoms with Crippen LogP contribution in [-0.2, 0) is 9.53 Å². The summed E-state index contributed by atoms with van der Waals surface area (Å²) in [6.07, 6.45) is 0.503. The minimum Gasteiger partial charge on any atom is -0.465 e. The summed E-state index contributed by atoms with van der Waals surface area (Å²) in [5.74, 6) is 1.61. The van der Waals surface area contributed by atoms with E-state index in [1.807, 2.05) is 0 Å². The van der Waals surface area contributed by atoms with Gasteiger partial charge < -0.3 is 24.3 Å². The monoisotopic (exact) mass is 315 g/mol. The third-order valence-electron chi connectivity index (χ3n) is 3.19. The van der Waals surface area contributed by atoms with E-state index in [4.69, 9.17) is 14.2 Å². The maximum atomic E-state index is 11.6. The number of carbonyl (C=O) groups excluding carboxylic acids is 2. The minimum absolute atomic E-state index is 0.171. The number of hydrogen-bond donors (Lipinski definition) is 1. The molecular formula is C16H13NO6. The Morgan fingerprint density at radius 3 is 2.78 bits per heavy atom. The Hall–Kier alpha value is -3.22. The van der Waals surface area contributed by atoms with Gasteiger partial charge in [-0.2, -0.15) is 0 Å². The van der Waals surface area contributed by atoms with Crippen LogP contribution in [0.5, 0.6) is 23.0 Å². The second-order valence-electron chi connectivity index (χ2n) is 4.58. The Balaban J connectivity index is 1.89. The first-order valence-electron chi connectivity index (χ1n) is 6.71. The lowest BCUT2D eigenvalue weighted by atomic mass is 10.2. The van der Waals surface area contributed by atoms with Crippen molar-refractivity contribution in [1.82, 2.24) is 0 Å². The number of carbonyl (C=O) groups is 2. The minimum atomic E-state index is -0.506. The molecule has 0 aromatic heterocycles. The molecular weight excluding hydrogens is 302 g/mol. The third kappa shape index (κ3) is 3.03. The third-order valence-corrected chi connectivity index (χ3v) is 3.19. The zero-order valence-corrected chi connectivity index (χ0v) is 12.2. The van der Waals surface area contributed by atoms with Gasteiger partial charge in [0.15, 0.2) is 17.2 Å². The fourth-order valence-corrected chi connectivity index (χ4v) is 2.11. The van der Waals surface area contributed by atoms with E-state index >= 15 is 0 Å². The molecule has 1 aliphatic rings. The number of fused-ring (bicyclic) bond motifs is 1. The van der Waals surface area contributed by atoms with Gasteiger partial charge in [-0.15, -0.1) is 0 Å². The first-order valence-corrected chi connectivity index (χ1v) is 6.71. The molecule has 3 rings (SSSR count). The van der Waals surface area contributed by atoms with Gasteiger partial charge in [-0.05, 0) is 30.3 Å². The molecule has 0 spiro atoms. The van der Waals surface area contributed by atoms with Gasteiger partial charge in [-0.3, -0.25) is 4.79 Å². The molecule has 1 aliphatic heterocycles. The van der Waals surface area contributed by atoms with Crippen molar-refractivity contribution >= 4 is 18.1 Å². The molecule has 0 radical (unpaired) electrons. The van der Waals surface area contributed by atoms with Crippen LogP contribution >= 0.6 is 0 Å². The predicted molar refractivity (Wildman–Crippen MR) is 80.1 cm³/mol. The van der Waals surface area contributed by atoms with E-state index in [-0.39, 0.29) is 6.79 Å². The lowest BCUT2D eigenvalue weighted by Crippen LogP contribution is -2.04. The number of amides is 1. The molecule has 1 heterocycles. The number of nitrogens with one attached hydrogen (secondary N) is 1. The largest absolute Gasteiger partial charge is 0.465 e. The van der Waals surface area contributed by atoms with Crippen molar-refractivity contribution in [1.29, 1.82) is 0 Å². The summed E-state index contributed by atoms with van der Waals surface area (Å²) in [6, 6.07) is 9.72. The van der Waals surface area contributed by atoms with Gasteiger partial charge in [0, 0.05) is 6.07 Å². The van der Waals surface area contributed by atoms with Crippen molar-refractivity contribution in [3.63, 3.8) is 0 Å². The highest BCUT2D eigenvalue weighted by atomic mass is 16.7. The molecule has 0 bridgehead atoms. The number of anilines is 1. The number of ether oxygens (including phenoxy) is 4. The van der Waals surface area contributed by atoms with Gasteiger partial charge in [0.1, 0.15) is 5.75 Å². The summed E-state index contributed by atoms with van der Waals surface area (Å²) in [4.78, 5) is 22.3. The number of methoxy groups -OCH3 is 1. The van der Waals surface area contributed by atoms with Crippen LogP contribution in [0.25, 0.3) is 0 Å². The van der Waals surface area contributed by atoms with Gasteiger partial charge in [0.25, 0.3) is 0 Å². The summed E-state index contributed by atoms with van der Waals surface area (Å²) in [7, 11) is 1.28. The lowest BCUT2D eigenvalue weighted by molar-refractivity contribution is -0.105. The SMILES string of the molecule is COC(=O)c1ccc(Oc2ccc3c(c2)OCO3)c(NC=O)c1. The highest BCUT2D eigenvalue weighted by molar-refractivity contribution is 5.92. The van der Waals surface area contributed by atoms with Crippen LogP contribution in [0.4, 0.5) is 5.69 Å². The van der Waals surface area contributed by atoms with Crippen molar-refractivity contribution in [2.45, 2.75) is 0 Å². The Morgan fingerprint density at radius 1 is 1.17 bits per heavy atom. The van der Waals surface area contributed by atoms with E-state index in [2.05, 4.69) is 10.1 Å². The molecule has 2 aromatic carbocycles. The Morgan fingerprint density at radius 2 is 2.00 bits per heavy atom. The highest BCUT2D eigenvalue weighted by Crippen LogP contribution is 2.38. The smallest absolute Gasteiger partial charge is 0.337 e. The first kappa shape index (κ1) is 14.7. The molecule has 1 amide bonds. The van der Waals surface area contributed by atoms with Crippen LogP contribution < -0.4 is 19.5 Å². The fraction of sp³-hybridized carbons (Fsp3) is 0.125. The summed E-state index contributed by atoms with van der Waals surface area (Å²) in [5, 5.41) is 2.50. The van der Waals surface area contributed by atoms with E-state index in [0.717, 1.165) is 0 Å². The van der Waals surface area contributed by atoms with Gasteiger partial charge in [-0.25, -0.2) is 4.79 Å². The molecule has 23 heavy (non-hydrogen) atoms. The molecule has 118 valence electrons. The molecule has 2 aromatic rings. The van der Waals surface area contributed by atoms with Crippen molar-refractivity contribution in [2.24, 2.45) is 0 Å². The maximum Gasteiger partial charge on any atom is 0.337 e. The summed E-state index contributed by atoms with van der Waals surface area (Å²) >= 11 is 0. The van der Waals surface area contributed by atoms with Crippen molar-refractivity contribution in [2.75, 3.05) is 19.2 Å². The van der Waals surface area contributed by atoms with E-state index in [1.54, 1.807) is 30.3 Å². The average molecular weight is 315 g/mol. The van der Waals surface area contributed by atoms with E-state index in [9.17, 15) is 9.59 Å². The van der Waals surface area contributed by atoms with Crippen molar-refractivity contribution < 1.29 is 28.5 Å². The molecule has 7 nitrogen and oxygen atoms in total. The summed E-state index contributed by atoms with van der Waals surface area (Å²) < 4.78 is 20.9. The van der Waals surface area contributed by atoms with Gasteiger partial charge in [0.2, 0.25) is 13.2 Å². The van der Waals surface area contributed by atoms with Crippen LogP contribution in [0.3, 0.4) is 0 Å². The van der Waals surface area contributed by atoms with E-state index < -0.39 is 5.97 Å². The number of rotatable bonds is 5. The van der Waals surface area contributed by atoms with Gasteiger partial charge >= 0.3 is 5.97 Å². The quantitative estimate of drug-likeness (QED) is 0.674. The molecule has 0 atom stereocenters. The molecule has 0 aliphatic carbocycles. The Bertz CT molecular complexity index is 758. The standard InChI is InChI=1S/C16H13NO6/c1-20-16(19)10-2-4-13(12(6-10)17-8-18)23-11-3-5-14-15(7-11)22-9-21-14/h2-8H,9H2,1H3,(H,17,18). The summed E-state index contributed by atoms with van der Waals surface area (Å²) in [5.41, 5.74) is 0.649. The lowest BCUT2D eigenvalue weighted by Gasteiger charge is -2.12. The average Bonchev–Trinajstić information content (AvgIpc) is 3.03. The molecule has 1 N–H and O–H groups in total. The molecule has 0 saturated heterocycles.